The number of nitrogens with zero attached hydrogens (tertiary/aromatic N) is 6. The van der Waals surface area contributed by atoms with E-state index in [2.05, 4.69) is 25.4 Å². The molecule has 2 N–H and O–H groups in total. The number of aromatic nitrogens is 6. The Kier molecular flexibility index (Phi) is 5.63. The molecular weight excluding hydrogens is 420 g/mol. The number of hydrogen-bond acceptors (Lipinski definition) is 6. The molecular formula is C21H19F2N7O2. The summed E-state index contributed by atoms with van der Waals surface area (Å²) in [6.07, 6.45) is 4.04. The van der Waals surface area contributed by atoms with Crippen LogP contribution in [0.5, 0.6) is 5.75 Å². The predicted molar refractivity (Wildman–Crippen MR) is 112 cm³/mol. The minimum absolute atomic E-state index is 0.152. The topological polar surface area (TPSA) is 111 Å². The molecule has 4 heterocycles. The fraction of sp³-hybridized carbons (Fsp3) is 0.190. The molecule has 9 nitrogen and oxygen atoms in total. The summed E-state index contributed by atoms with van der Waals surface area (Å²) in [4.78, 5) is 25.2. The Morgan fingerprint density at radius 3 is 2.69 bits per heavy atom. The number of amides is 1. The highest BCUT2D eigenvalue weighted by Crippen LogP contribution is 2.25. The molecule has 0 spiro atoms. The maximum atomic E-state index is 13.6. The van der Waals surface area contributed by atoms with Crippen molar-refractivity contribution in [2.75, 3.05) is 5.32 Å². The third-order valence-electron chi connectivity index (χ3n) is 4.64. The maximum absolute atomic E-state index is 13.6. The number of pyridine rings is 2. The molecule has 32 heavy (non-hydrogen) atoms. The van der Waals surface area contributed by atoms with Crippen molar-refractivity contribution in [2.45, 2.75) is 26.3 Å². The third kappa shape index (κ3) is 4.17. The fourth-order valence-corrected chi connectivity index (χ4v) is 3.14. The number of aromatic hydroxyl groups is 1. The smallest absolute Gasteiger partial charge is 0.282 e. The van der Waals surface area contributed by atoms with E-state index in [1.54, 1.807) is 30.7 Å². The zero-order valence-electron chi connectivity index (χ0n) is 17.1. The van der Waals surface area contributed by atoms with E-state index in [1.807, 2.05) is 18.4 Å². The van der Waals surface area contributed by atoms with Gasteiger partial charge in [0.2, 0.25) is 0 Å². The van der Waals surface area contributed by atoms with Gasteiger partial charge < -0.3 is 15.0 Å². The first-order valence-electron chi connectivity index (χ1n) is 9.66. The summed E-state index contributed by atoms with van der Waals surface area (Å²) >= 11 is 0. The van der Waals surface area contributed by atoms with Crippen LogP contribution in [0.2, 0.25) is 0 Å². The van der Waals surface area contributed by atoms with E-state index in [4.69, 9.17) is 0 Å². The molecule has 0 aromatic carbocycles. The van der Waals surface area contributed by atoms with Crippen LogP contribution in [-0.4, -0.2) is 40.3 Å². The molecule has 0 radical (unpaired) electrons. The average Bonchev–Trinajstić information content (AvgIpc) is 3.42. The standard InChI is InChI=1S/C21H19F2N7O2/c1-12(2)29-11-25-9-17(29)16-4-3-5-18(26-16)27-21(32)15-10-30(28-19(15)20(22)23)13-6-14(31)8-24-7-13/h3-12,20,31H,1-2H3,(H,26,27,32). The van der Waals surface area contributed by atoms with Crippen LogP contribution in [0.3, 0.4) is 0 Å². The number of carbonyl (C=O) groups is 1. The van der Waals surface area contributed by atoms with Gasteiger partial charge in [-0.15, -0.1) is 0 Å². The molecule has 0 aliphatic rings. The quantitative estimate of drug-likeness (QED) is 0.470. The minimum Gasteiger partial charge on any atom is -0.506 e. The Balaban J connectivity index is 1.64. The first-order chi connectivity index (χ1) is 15.3. The summed E-state index contributed by atoms with van der Waals surface area (Å²) in [6.45, 7) is 4.00. The second-order valence-corrected chi connectivity index (χ2v) is 7.22. The monoisotopic (exact) mass is 439 g/mol. The Hall–Kier alpha value is -4.15. The van der Waals surface area contributed by atoms with Crippen LogP contribution in [0, 0.1) is 0 Å². The van der Waals surface area contributed by atoms with Gasteiger partial charge in [0.25, 0.3) is 12.3 Å². The van der Waals surface area contributed by atoms with Gasteiger partial charge in [-0.25, -0.2) is 23.4 Å². The SMILES string of the molecule is CC(C)n1cncc1-c1cccc(NC(=O)c2cn(-c3cncc(O)c3)nc2C(F)F)n1. The van der Waals surface area contributed by atoms with Crippen molar-refractivity contribution >= 4 is 11.7 Å². The summed E-state index contributed by atoms with van der Waals surface area (Å²) in [5, 5.41) is 15.9. The van der Waals surface area contributed by atoms with Gasteiger partial charge in [-0.05, 0) is 26.0 Å². The van der Waals surface area contributed by atoms with Crippen molar-refractivity contribution in [1.82, 2.24) is 29.3 Å². The van der Waals surface area contributed by atoms with Gasteiger partial charge in [0.05, 0.1) is 47.6 Å². The summed E-state index contributed by atoms with van der Waals surface area (Å²) in [5.74, 6) is -0.762. The Morgan fingerprint density at radius 1 is 1.16 bits per heavy atom. The van der Waals surface area contributed by atoms with Crippen molar-refractivity contribution in [3.8, 4) is 22.8 Å². The van der Waals surface area contributed by atoms with Gasteiger partial charge in [0.1, 0.15) is 17.3 Å². The molecule has 0 aliphatic heterocycles. The third-order valence-corrected chi connectivity index (χ3v) is 4.64. The van der Waals surface area contributed by atoms with E-state index < -0.39 is 18.0 Å². The Morgan fingerprint density at radius 2 is 1.97 bits per heavy atom. The lowest BCUT2D eigenvalue weighted by atomic mass is 10.2. The molecule has 4 rings (SSSR count). The van der Waals surface area contributed by atoms with E-state index in [9.17, 15) is 18.7 Å². The molecule has 0 atom stereocenters. The normalized spacial score (nSPS) is 11.3. The number of hydrogen-bond donors (Lipinski definition) is 2. The highest BCUT2D eigenvalue weighted by Gasteiger charge is 2.24. The minimum atomic E-state index is -2.98. The number of halogens is 2. The van der Waals surface area contributed by atoms with E-state index in [0.29, 0.717) is 5.69 Å². The number of rotatable bonds is 6. The van der Waals surface area contributed by atoms with Gasteiger partial charge in [-0.1, -0.05) is 6.07 Å². The molecule has 0 saturated heterocycles. The lowest BCUT2D eigenvalue weighted by molar-refractivity contribution is 0.101. The first kappa shape index (κ1) is 21.1. The van der Waals surface area contributed by atoms with Crippen molar-refractivity contribution in [3.05, 3.63) is 66.6 Å². The van der Waals surface area contributed by atoms with Crippen molar-refractivity contribution in [3.63, 3.8) is 0 Å². The van der Waals surface area contributed by atoms with Crippen LogP contribution in [0.1, 0.15) is 42.4 Å². The van der Waals surface area contributed by atoms with Crippen LogP contribution in [0.4, 0.5) is 14.6 Å². The van der Waals surface area contributed by atoms with E-state index in [-0.39, 0.29) is 28.9 Å². The van der Waals surface area contributed by atoms with E-state index in [1.165, 1.54) is 18.5 Å². The second-order valence-electron chi connectivity index (χ2n) is 7.22. The van der Waals surface area contributed by atoms with Crippen molar-refractivity contribution < 1.29 is 18.7 Å². The van der Waals surface area contributed by atoms with Crippen molar-refractivity contribution in [1.29, 1.82) is 0 Å². The molecule has 0 aliphatic carbocycles. The Labute approximate surface area is 181 Å². The summed E-state index contributed by atoms with van der Waals surface area (Å²) < 4.78 is 30.1. The lowest BCUT2D eigenvalue weighted by Gasteiger charge is -2.12. The number of nitrogens with one attached hydrogen (secondary N) is 1. The van der Waals surface area contributed by atoms with Gasteiger partial charge >= 0.3 is 0 Å². The predicted octanol–water partition coefficient (Wildman–Crippen LogP) is 4.00. The number of anilines is 1. The molecule has 0 fully saturated rings. The number of carbonyl (C=O) groups excluding carboxylic acids is 1. The molecule has 0 bridgehead atoms. The lowest BCUT2D eigenvalue weighted by Crippen LogP contribution is -2.14. The van der Waals surface area contributed by atoms with Crippen LogP contribution in [-0.2, 0) is 0 Å². The summed E-state index contributed by atoms with van der Waals surface area (Å²) in [5.41, 5.74) is 0.550. The second kappa shape index (κ2) is 8.53. The van der Waals surface area contributed by atoms with Gasteiger partial charge in [-0.2, -0.15) is 5.10 Å². The molecule has 0 unspecified atom stereocenters. The largest absolute Gasteiger partial charge is 0.506 e. The van der Waals surface area contributed by atoms with Crippen molar-refractivity contribution in [2.24, 2.45) is 0 Å². The fourth-order valence-electron chi connectivity index (χ4n) is 3.14. The maximum Gasteiger partial charge on any atom is 0.282 e. The summed E-state index contributed by atoms with van der Waals surface area (Å²) in [7, 11) is 0. The molecule has 164 valence electrons. The molecule has 4 aromatic heterocycles. The molecule has 1 amide bonds. The number of imidazole rings is 1. The highest BCUT2D eigenvalue weighted by atomic mass is 19.3. The van der Waals surface area contributed by atoms with Gasteiger partial charge in [-0.3, -0.25) is 9.78 Å². The number of alkyl halides is 2. The van der Waals surface area contributed by atoms with Crippen LogP contribution >= 0.6 is 0 Å². The van der Waals surface area contributed by atoms with Crippen LogP contribution < -0.4 is 5.32 Å². The zero-order chi connectivity index (χ0) is 22.8. The average molecular weight is 439 g/mol. The van der Waals surface area contributed by atoms with Gasteiger partial charge in [0.15, 0.2) is 0 Å². The van der Waals surface area contributed by atoms with Crippen LogP contribution in [0.25, 0.3) is 17.1 Å². The highest BCUT2D eigenvalue weighted by molar-refractivity contribution is 6.04. The van der Waals surface area contributed by atoms with Gasteiger partial charge in [0, 0.05) is 18.3 Å². The molecule has 11 heteroatoms. The van der Waals surface area contributed by atoms with E-state index in [0.717, 1.165) is 16.6 Å². The van der Waals surface area contributed by atoms with Crippen LogP contribution in [0.15, 0.2) is 55.4 Å². The Bertz CT molecular complexity index is 1270. The summed E-state index contributed by atoms with van der Waals surface area (Å²) in [6, 6.07) is 6.47. The van der Waals surface area contributed by atoms with E-state index >= 15 is 0 Å². The zero-order valence-corrected chi connectivity index (χ0v) is 17.1. The molecule has 4 aromatic rings. The molecule has 0 saturated carbocycles. The first-order valence-corrected chi connectivity index (χ1v) is 9.66.